The molecule has 0 spiro atoms. The Bertz CT molecular complexity index is 1080. The van der Waals surface area contributed by atoms with Crippen LogP contribution in [-0.4, -0.2) is 25.9 Å². The van der Waals surface area contributed by atoms with Crippen molar-refractivity contribution in [1.82, 2.24) is 9.10 Å². The van der Waals surface area contributed by atoms with Gasteiger partial charge in [0, 0.05) is 18.5 Å². The largest absolute Gasteiger partial charge is 0.416 e. The first-order valence-electron chi connectivity index (χ1n) is 8.44. The van der Waals surface area contributed by atoms with Gasteiger partial charge in [-0.3, -0.25) is 0 Å². The molecule has 0 radical (unpaired) electrons. The number of nitrogens with one attached hydrogen (secondary N) is 2. The number of aryl methyl sites for hydroxylation is 1. The molecule has 0 saturated carbocycles. The highest BCUT2D eigenvalue weighted by molar-refractivity contribution is 7.89. The molecule has 0 bridgehead atoms. The van der Waals surface area contributed by atoms with E-state index in [1.165, 1.54) is 11.5 Å². The average Bonchev–Trinajstić information content (AvgIpc) is 3.05. The Morgan fingerprint density at radius 3 is 2.61 bits per heavy atom. The smallest absolute Gasteiger partial charge is 0.369 e. The summed E-state index contributed by atoms with van der Waals surface area (Å²) in [5.41, 5.74) is 0.0989. The van der Waals surface area contributed by atoms with Crippen LogP contribution in [-0.2, 0) is 16.2 Å². The first-order valence-corrected chi connectivity index (χ1v) is 10.7. The van der Waals surface area contributed by atoms with E-state index in [2.05, 4.69) is 14.4 Å². The minimum atomic E-state index is -4.59. The number of sulfonamides is 1. The predicted octanol–water partition coefficient (Wildman–Crippen LogP) is 4.40. The molecule has 0 aliphatic carbocycles. The first kappa shape index (κ1) is 20.6. The fraction of sp³-hybridized carbons (Fsp3) is 0.278. The highest BCUT2D eigenvalue weighted by atomic mass is 32.2. The molecule has 1 aromatic heterocycles. The summed E-state index contributed by atoms with van der Waals surface area (Å²) < 4.78 is 70.4. The van der Waals surface area contributed by atoms with Gasteiger partial charge in [-0.1, -0.05) is 18.2 Å². The van der Waals surface area contributed by atoms with Crippen molar-refractivity contribution >= 4 is 37.5 Å². The summed E-state index contributed by atoms with van der Waals surface area (Å²) in [5.74, 6) is 0.749. The van der Waals surface area contributed by atoms with Crippen LogP contribution in [0.25, 0.3) is 10.1 Å². The van der Waals surface area contributed by atoms with Crippen molar-refractivity contribution in [3.05, 3.63) is 53.6 Å². The average molecular weight is 429 g/mol. The number of hydrogen-bond acceptors (Lipinski definition) is 5. The number of aromatic nitrogens is 1. The molecule has 0 aliphatic rings. The number of halogens is 3. The van der Waals surface area contributed by atoms with Gasteiger partial charge >= 0.3 is 6.18 Å². The molecular formula is C18H18F3N3O2S2. The fourth-order valence-electron chi connectivity index (χ4n) is 2.71. The van der Waals surface area contributed by atoms with Crippen molar-refractivity contribution in [2.24, 2.45) is 0 Å². The molecule has 150 valence electrons. The van der Waals surface area contributed by atoms with Gasteiger partial charge in [-0.25, -0.2) is 13.1 Å². The summed E-state index contributed by atoms with van der Waals surface area (Å²) in [6.45, 7) is 2.55. The maximum atomic E-state index is 12.8. The Balaban J connectivity index is 1.56. The highest BCUT2D eigenvalue weighted by Crippen LogP contribution is 2.31. The van der Waals surface area contributed by atoms with Crippen molar-refractivity contribution in [1.29, 1.82) is 0 Å². The van der Waals surface area contributed by atoms with Gasteiger partial charge in [0.05, 0.1) is 15.2 Å². The number of anilines is 1. The number of alkyl halides is 3. The molecule has 0 saturated heterocycles. The number of hydrogen-bond donors (Lipinski definition) is 2. The number of nitrogens with zero attached hydrogens (tertiary/aromatic N) is 1. The maximum Gasteiger partial charge on any atom is 0.416 e. The lowest BCUT2D eigenvalue weighted by Gasteiger charge is -2.10. The van der Waals surface area contributed by atoms with E-state index in [4.69, 9.17) is 0 Å². The van der Waals surface area contributed by atoms with Gasteiger partial charge in [0.2, 0.25) is 10.0 Å². The predicted molar refractivity (Wildman–Crippen MR) is 104 cm³/mol. The van der Waals surface area contributed by atoms with Gasteiger partial charge in [0.25, 0.3) is 0 Å². The molecule has 0 aliphatic heterocycles. The van der Waals surface area contributed by atoms with E-state index in [0.717, 1.165) is 39.7 Å². The molecule has 28 heavy (non-hydrogen) atoms. The summed E-state index contributed by atoms with van der Waals surface area (Å²) in [7, 11) is -4.01. The summed E-state index contributed by atoms with van der Waals surface area (Å²) >= 11 is 1.38. The Labute approximate surface area is 164 Å². The van der Waals surface area contributed by atoms with Crippen LogP contribution in [0.1, 0.15) is 17.5 Å². The molecule has 0 unspecified atom stereocenters. The lowest BCUT2D eigenvalue weighted by atomic mass is 10.1. The van der Waals surface area contributed by atoms with Crippen LogP contribution in [0.5, 0.6) is 0 Å². The third-order valence-electron chi connectivity index (χ3n) is 4.12. The summed E-state index contributed by atoms with van der Waals surface area (Å²) in [6, 6.07) is 9.62. The number of fused-ring (bicyclic) bond motifs is 1. The van der Waals surface area contributed by atoms with Crippen LogP contribution in [0.3, 0.4) is 0 Å². The lowest BCUT2D eigenvalue weighted by Crippen LogP contribution is -2.26. The van der Waals surface area contributed by atoms with Crippen molar-refractivity contribution in [2.45, 2.75) is 24.4 Å². The SMILES string of the molecule is Cc1cccc2snc(NCCCNS(=O)(=O)c3cccc(C(F)(F)F)c3)c12. The van der Waals surface area contributed by atoms with Crippen molar-refractivity contribution in [3.63, 3.8) is 0 Å². The topological polar surface area (TPSA) is 71.1 Å². The van der Waals surface area contributed by atoms with Crippen LogP contribution in [0.4, 0.5) is 19.0 Å². The zero-order chi connectivity index (χ0) is 20.4. The van der Waals surface area contributed by atoms with E-state index in [1.807, 2.05) is 25.1 Å². The van der Waals surface area contributed by atoms with Gasteiger partial charge in [0.1, 0.15) is 5.82 Å². The summed E-state index contributed by atoms with van der Waals surface area (Å²) in [5, 5.41) is 4.22. The highest BCUT2D eigenvalue weighted by Gasteiger charge is 2.31. The van der Waals surface area contributed by atoms with E-state index in [1.54, 1.807) is 0 Å². The number of rotatable bonds is 7. The molecule has 5 nitrogen and oxygen atoms in total. The maximum absolute atomic E-state index is 12.8. The van der Waals surface area contributed by atoms with E-state index < -0.39 is 26.7 Å². The zero-order valence-electron chi connectivity index (χ0n) is 14.9. The van der Waals surface area contributed by atoms with Crippen LogP contribution in [0, 0.1) is 6.92 Å². The van der Waals surface area contributed by atoms with Gasteiger partial charge in [0.15, 0.2) is 0 Å². The Morgan fingerprint density at radius 1 is 1.11 bits per heavy atom. The molecule has 2 aromatic carbocycles. The van der Waals surface area contributed by atoms with Crippen molar-refractivity contribution in [3.8, 4) is 0 Å². The normalized spacial score (nSPS) is 12.4. The monoisotopic (exact) mass is 429 g/mol. The standard InChI is InChI=1S/C18H18F3N3O2S2/c1-12-5-2-8-15-16(12)17(24-27-15)22-9-4-10-23-28(25,26)14-7-3-6-13(11-14)18(19,20)21/h2-3,5-8,11,23H,4,9-10H2,1H3,(H,22,24). The molecular weight excluding hydrogens is 411 g/mol. The Morgan fingerprint density at radius 2 is 1.86 bits per heavy atom. The molecule has 0 amide bonds. The molecule has 2 N–H and O–H groups in total. The minimum absolute atomic E-state index is 0.0899. The number of benzene rings is 2. The lowest BCUT2D eigenvalue weighted by molar-refractivity contribution is -0.137. The van der Waals surface area contributed by atoms with Crippen LogP contribution >= 0.6 is 11.5 Å². The van der Waals surface area contributed by atoms with Gasteiger partial charge in [-0.2, -0.15) is 17.5 Å². The van der Waals surface area contributed by atoms with Crippen LogP contribution in [0.15, 0.2) is 47.4 Å². The van der Waals surface area contributed by atoms with Crippen LogP contribution < -0.4 is 10.0 Å². The second kappa shape index (κ2) is 8.06. The van der Waals surface area contributed by atoms with E-state index in [9.17, 15) is 21.6 Å². The minimum Gasteiger partial charge on any atom is -0.369 e. The van der Waals surface area contributed by atoms with E-state index >= 15 is 0 Å². The zero-order valence-corrected chi connectivity index (χ0v) is 16.5. The van der Waals surface area contributed by atoms with Crippen molar-refractivity contribution in [2.75, 3.05) is 18.4 Å². The molecule has 3 aromatic rings. The summed E-state index contributed by atoms with van der Waals surface area (Å²) in [4.78, 5) is -0.406. The Hall–Kier alpha value is -2.17. The fourth-order valence-corrected chi connectivity index (χ4v) is 4.66. The third kappa shape index (κ3) is 4.62. The van der Waals surface area contributed by atoms with E-state index in [-0.39, 0.29) is 6.54 Å². The van der Waals surface area contributed by atoms with Gasteiger partial charge in [-0.15, -0.1) is 0 Å². The summed E-state index contributed by atoms with van der Waals surface area (Å²) in [6.07, 6.45) is -4.15. The molecule has 3 rings (SSSR count). The second-order valence-electron chi connectivity index (χ2n) is 6.18. The quantitative estimate of drug-likeness (QED) is 0.546. The first-order chi connectivity index (χ1) is 13.2. The molecule has 10 heteroatoms. The molecule has 0 atom stereocenters. The van der Waals surface area contributed by atoms with Crippen molar-refractivity contribution < 1.29 is 21.6 Å². The molecule has 0 fully saturated rings. The molecule has 1 heterocycles. The third-order valence-corrected chi connectivity index (χ3v) is 6.39. The van der Waals surface area contributed by atoms with Crippen LogP contribution in [0.2, 0.25) is 0 Å². The van der Waals surface area contributed by atoms with Gasteiger partial charge in [-0.05, 0) is 54.7 Å². The second-order valence-corrected chi connectivity index (χ2v) is 8.75. The Kier molecular flexibility index (Phi) is 5.92. The van der Waals surface area contributed by atoms with Gasteiger partial charge < -0.3 is 5.32 Å². The van der Waals surface area contributed by atoms with E-state index in [0.29, 0.717) is 19.0 Å².